The topological polar surface area (TPSA) is 133 Å². The van der Waals surface area contributed by atoms with Crippen molar-refractivity contribution in [2.45, 2.75) is 22.3 Å². The van der Waals surface area contributed by atoms with Gasteiger partial charge >= 0.3 is 35.7 Å². The van der Waals surface area contributed by atoms with Gasteiger partial charge in [0.2, 0.25) is 0 Å². The van der Waals surface area contributed by atoms with E-state index < -0.39 is 28.2 Å². The fraction of sp³-hybridized carbons (Fsp3) is 0.222. The van der Waals surface area contributed by atoms with Crippen LogP contribution in [0.4, 0.5) is 4.79 Å². The summed E-state index contributed by atoms with van der Waals surface area (Å²) in [6.45, 7) is 0.0155. The van der Waals surface area contributed by atoms with Crippen LogP contribution in [0.2, 0.25) is 0 Å². The molecule has 8 nitrogen and oxygen atoms in total. The minimum atomic E-state index is -4.24. The molecule has 0 fully saturated rings. The molecule has 2 aromatic rings. The first-order chi connectivity index (χ1) is 13.3. The number of hydrogen-bond acceptors (Lipinski definition) is 7. The second-order valence-electron chi connectivity index (χ2n) is 5.64. The third kappa shape index (κ3) is 9.20. The number of rotatable bonds is 9. The van der Waals surface area contributed by atoms with Crippen LogP contribution in [0, 0.1) is 0 Å². The van der Waals surface area contributed by atoms with Gasteiger partial charge < -0.3 is 20.0 Å². The molecule has 2 N–H and O–H groups in total. The molecule has 29 heavy (non-hydrogen) atoms. The Bertz CT molecular complexity index is 906. The number of amides is 1. The van der Waals surface area contributed by atoms with Crippen LogP contribution in [0.5, 0.6) is 0 Å². The van der Waals surface area contributed by atoms with E-state index in [1.165, 1.54) is 36.0 Å². The Balaban J connectivity index is 0.00000420. The van der Waals surface area contributed by atoms with E-state index in [0.717, 1.165) is 5.56 Å². The maximum atomic E-state index is 11.8. The quantitative estimate of drug-likeness (QED) is 0.198. The number of alkyl carbamates (subject to hydrolysis) is 1. The molecule has 11 heteroatoms. The van der Waals surface area contributed by atoms with Crippen molar-refractivity contribution in [3.05, 3.63) is 60.2 Å². The molecular weight excluding hydrogens is 429 g/mol. The summed E-state index contributed by atoms with van der Waals surface area (Å²) in [5.41, 5.74) is 0.737. The van der Waals surface area contributed by atoms with Crippen molar-refractivity contribution < 1.29 is 62.0 Å². The zero-order valence-electron chi connectivity index (χ0n) is 15.6. The molecule has 1 atom stereocenters. The molecule has 0 saturated carbocycles. The number of ether oxygens (including phenoxy) is 1. The van der Waals surface area contributed by atoms with Crippen LogP contribution in [0.1, 0.15) is 5.56 Å². The average Bonchev–Trinajstić information content (AvgIpc) is 2.65. The predicted octanol–water partition coefficient (Wildman–Crippen LogP) is -1.88. The van der Waals surface area contributed by atoms with E-state index in [2.05, 4.69) is 5.32 Å². The van der Waals surface area contributed by atoms with Crippen LogP contribution in [-0.2, 0) is 26.1 Å². The Hall–Kier alpha value is -1.56. The maximum absolute atomic E-state index is 11.8. The molecule has 2 aromatic carbocycles. The van der Waals surface area contributed by atoms with Crippen molar-refractivity contribution in [3.8, 4) is 0 Å². The van der Waals surface area contributed by atoms with Gasteiger partial charge in [-0.2, -0.15) is 8.42 Å². The summed E-state index contributed by atoms with van der Waals surface area (Å²) in [7, 11) is -4.24. The Morgan fingerprint density at radius 3 is 2.28 bits per heavy atom. The Labute approximate surface area is 195 Å². The van der Waals surface area contributed by atoms with Gasteiger partial charge in [-0.25, -0.2) is 4.79 Å². The number of benzene rings is 2. The van der Waals surface area contributed by atoms with Gasteiger partial charge in [-0.15, -0.1) is 11.8 Å². The van der Waals surface area contributed by atoms with Gasteiger partial charge in [0.25, 0.3) is 10.1 Å². The fourth-order valence-corrected chi connectivity index (χ4v) is 3.44. The van der Waals surface area contributed by atoms with Crippen LogP contribution >= 0.6 is 11.8 Å². The zero-order valence-corrected chi connectivity index (χ0v) is 19.2. The van der Waals surface area contributed by atoms with E-state index in [9.17, 15) is 23.1 Å². The molecule has 0 unspecified atom stereocenters. The van der Waals surface area contributed by atoms with Crippen LogP contribution in [0.3, 0.4) is 0 Å². The number of nitrogens with one attached hydrogen (secondary N) is 1. The molecular formula is C18H18NNaO7S2. The monoisotopic (exact) mass is 447 g/mol. The third-order valence-corrected chi connectivity index (χ3v) is 5.41. The zero-order chi connectivity index (χ0) is 20.6. The maximum Gasteiger partial charge on any atom is 1.00 e. The Kier molecular flexibility index (Phi) is 10.7. The summed E-state index contributed by atoms with van der Waals surface area (Å²) in [6.07, 6.45) is -0.792. The van der Waals surface area contributed by atoms with E-state index >= 15 is 0 Å². The minimum absolute atomic E-state index is 0. The SMILES string of the molecule is O=C(N[C@@H](Cc1ccccc1)C(=O)[O-])OCCSc1ccc(S(=O)(=O)O)cc1.[Na+]. The summed E-state index contributed by atoms with van der Waals surface area (Å²) in [5.74, 6) is -1.04. The standard InChI is InChI=1S/C18H19NO7S2.Na/c20-17(21)16(12-13-4-2-1-3-5-13)19-18(22)26-10-11-27-14-6-8-15(9-7-14)28(23,24)25;/h1-9,16H,10-12H2,(H,19,22)(H,20,21)(H,23,24,25);/q;+1/p-1/t16-;/m0./s1. The molecule has 0 aliphatic carbocycles. The molecule has 2 rings (SSSR count). The van der Waals surface area contributed by atoms with Crippen LogP contribution in [0.25, 0.3) is 0 Å². The number of aliphatic carboxylic acids is 1. The van der Waals surface area contributed by atoms with E-state index in [4.69, 9.17) is 9.29 Å². The van der Waals surface area contributed by atoms with Crippen molar-refractivity contribution in [2.24, 2.45) is 0 Å². The molecule has 0 aliphatic rings. The molecule has 0 aliphatic heterocycles. The van der Waals surface area contributed by atoms with Gasteiger partial charge in [0, 0.05) is 10.6 Å². The van der Waals surface area contributed by atoms with Gasteiger partial charge in [0.1, 0.15) is 6.61 Å². The van der Waals surface area contributed by atoms with Crippen molar-refractivity contribution >= 4 is 33.9 Å². The summed E-state index contributed by atoms with van der Waals surface area (Å²) in [6, 6.07) is 13.2. The van der Waals surface area contributed by atoms with E-state index in [1.54, 1.807) is 30.3 Å². The number of carboxylic acids is 1. The van der Waals surface area contributed by atoms with Gasteiger partial charge in [-0.05, 0) is 36.2 Å². The molecule has 0 saturated heterocycles. The van der Waals surface area contributed by atoms with Crippen molar-refractivity contribution in [1.29, 1.82) is 0 Å². The molecule has 0 aromatic heterocycles. The molecule has 0 spiro atoms. The van der Waals surface area contributed by atoms with Gasteiger partial charge in [0.15, 0.2) is 0 Å². The number of carbonyl (C=O) groups is 2. The smallest absolute Gasteiger partial charge is 0.548 e. The Morgan fingerprint density at radius 1 is 1.10 bits per heavy atom. The van der Waals surface area contributed by atoms with Crippen molar-refractivity contribution in [2.75, 3.05) is 12.4 Å². The second kappa shape index (κ2) is 12.2. The normalized spacial score (nSPS) is 11.8. The summed E-state index contributed by atoms with van der Waals surface area (Å²) >= 11 is 1.30. The van der Waals surface area contributed by atoms with Gasteiger partial charge in [-0.1, -0.05) is 30.3 Å². The van der Waals surface area contributed by atoms with Crippen LogP contribution < -0.4 is 40.0 Å². The Morgan fingerprint density at radius 2 is 1.72 bits per heavy atom. The molecule has 1 amide bonds. The summed E-state index contributed by atoms with van der Waals surface area (Å²) in [5, 5.41) is 13.5. The number of carboxylic acid groups (broad SMARTS) is 1. The molecule has 0 radical (unpaired) electrons. The van der Waals surface area contributed by atoms with Crippen molar-refractivity contribution in [1.82, 2.24) is 5.32 Å². The minimum Gasteiger partial charge on any atom is -0.548 e. The summed E-state index contributed by atoms with van der Waals surface area (Å²) < 4.78 is 35.8. The molecule has 0 bridgehead atoms. The van der Waals surface area contributed by atoms with Gasteiger partial charge in [-0.3, -0.25) is 4.55 Å². The van der Waals surface area contributed by atoms with Crippen LogP contribution in [-0.4, -0.2) is 43.4 Å². The van der Waals surface area contributed by atoms with E-state index in [1.807, 2.05) is 0 Å². The number of hydrogen-bond donors (Lipinski definition) is 2. The van der Waals surface area contributed by atoms with Crippen LogP contribution in [0.15, 0.2) is 64.4 Å². The third-order valence-electron chi connectivity index (χ3n) is 3.57. The number of thioether (sulfide) groups is 1. The van der Waals surface area contributed by atoms with Crippen molar-refractivity contribution in [3.63, 3.8) is 0 Å². The average molecular weight is 447 g/mol. The first kappa shape index (κ1) is 25.5. The first-order valence-electron chi connectivity index (χ1n) is 8.14. The largest absolute Gasteiger partial charge is 1.00 e. The van der Waals surface area contributed by atoms with E-state index in [-0.39, 0.29) is 47.5 Å². The predicted molar refractivity (Wildman–Crippen MR) is 100 cm³/mol. The fourth-order valence-electron chi connectivity index (χ4n) is 2.23. The molecule has 0 heterocycles. The summed E-state index contributed by atoms with van der Waals surface area (Å²) in [4.78, 5) is 23.5. The number of carbonyl (C=O) groups excluding carboxylic acids is 2. The van der Waals surface area contributed by atoms with Gasteiger partial charge in [0.05, 0.1) is 16.9 Å². The molecule has 150 valence electrons. The van der Waals surface area contributed by atoms with E-state index in [0.29, 0.717) is 10.6 Å². The first-order valence-corrected chi connectivity index (χ1v) is 10.6. The second-order valence-corrected chi connectivity index (χ2v) is 8.23.